The Morgan fingerprint density at radius 2 is 1.60 bits per heavy atom. The molecule has 10 heavy (non-hydrogen) atoms. The maximum absolute atomic E-state index is 10.4. The average Bonchev–Trinajstić information content (AvgIpc) is 2.30. The minimum absolute atomic E-state index is 0.225. The molecule has 0 aliphatic carbocycles. The fourth-order valence-corrected chi connectivity index (χ4v) is 1.21. The van der Waals surface area contributed by atoms with Crippen molar-refractivity contribution in [3.05, 3.63) is 0 Å². The van der Waals surface area contributed by atoms with Gasteiger partial charge in [0.15, 0.2) is 12.2 Å². The highest BCUT2D eigenvalue weighted by molar-refractivity contribution is 6.19. The molecule has 2 atom stereocenters. The third-order valence-electron chi connectivity index (χ3n) is 1.21. The number of carbonyl (C=O) groups is 1. The second-order valence-corrected chi connectivity index (χ2v) is 2.49. The first-order valence-corrected chi connectivity index (χ1v) is 3.84. The zero-order valence-electron chi connectivity index (χ0n) is 5.05. The second-order valence-electron chi connectivity index (χ2n) is 1.87. The Morgan fingerprint density at radius 3 is 1.90 bits per heavy atom. The van der Waals surface area contributed by atoms with Crippen molar-refractivity contribution >= 4 is 29.4 Å². The topological polar surface area (TPSA) is 35.5 Å². The highest BCUT2D eigenvalue weighted by Gasteiger charge is 2.34. The molecule has 5 heteroatoms. The molecule has 1 fully saturated rings. The van der Waals surface area contributed by atoms with E-state index in [4.69, 9.17) is 23.2 Å². The van der Waals surface area contributed by atoms with Crippen LogP contribution in [0.2, 0.25) is 0 Å². The van der Waals surface area contributed by atoms with Crippen molar-refractivity contribution in [2.45, 2.75) is 12.2 Å². The van der Waals surface area contributed by atoms with E-state index >= 15 is 0 Å². The molecular weight excluding hydrogens is 179 g/mol. The molecule has 1 saturated heterocycles. The van der Waals surface area contributed by atoms with Gasteiger partial charge in [-0.05, 0) is 0 Å². The maximum atomic E-state index is 10.4. The lowest BCUT2D eigenvalue weighted by atomic mass is 10.3. The number of alkyl halides is 2. The summed E-state index contributed by atoms with van der Waals surface area (Å²) in [5.41, 5.74) is 0. The molecule has 0 saturated carbocycles. The molecular formula is C5H6Cl2O3. The number of ether oxygens (including phenoxy) is 2. The van der Waals surface area contributed by atoms with E-state index in [1.807, 2.05) is 0 Å². The van der Waals surface area contributed by atoms with Gasteiger partial charge in [0.25, 0.3) is 0 Å². The number of hydrogen-bond acceptors (Lipinski definition) is 3. The third kappa shape index (κ3) is 1.47. The number of hydrogen-bond donors (Lipinski definition) is 0. The lowest BCUT2D eigenvalue weighted by Gasteiger charge is -2.07. The number of rotatable bonds is 2. The first-order valence-electron chi connectivity index (χ1n) is 2.77. The van der Waals surface area contributed by atoms with Crippen molar-refractivity contribution < 1.29 is 14.3 Å². The van der Waals surface area contributed by atoms with Crippen LogP contribution in [-0.4, -0.2) is 30.1 Å². The standard InChI is InChI=1S/C5H6Cl2O3/c6-1-3-4(2-7)10-5(8)9-3/h3-4H,1-2H2/t3-,4-/m1/s1. The summed E-state index contributed by atoms with van der Waals surface area (Å²) in [5.74, 6) is 0.451. The Bertz CT molecular complexity index is 125. The first-order chi connectivity index (χ1) is 4.77. The Balaban J connectivity index is 2.48. The molecule has 3 nitrogen and oxygen atoms in total. The van der Waals surface area contributed by atoms with Crippen molar-refractivity contribution in [3.8, 4) is 0 Å². The zero-order valence-corrected chi connectivity index (χ0v) is 6.56. The van der Waals surface area contributed by atoms with Gasteiger partial charge < -0.3 is 9.47 Å². The molecule has 0 aromatic carbocycles. The van der Waals surface area contributed by atoms with Gasteiger partial charge in [0.2, 0.25) is 0 Å². The second kappa shape index (κ2) is 3.30. The van der Waals surface area contributed by atoms with Gasteiger partial charge >= 0.3 is 6.16 Å². The maximum Gasteiger partial charge on any atom is 0.509 e. The Kier molecular flexibility index (Phi) is 2.63. The van der Waals surface area contributed by atoms with E-state index in [9.17, 15) is 4.79 Å². The molecule has 0 aromatic heterocycles. The van der Waals surface area contributed by atoms with E-state index in [0.717, 1.165) is 0 Å². The zero-order chi connectivity index (χ0) is 7.56. The first kappa shape index (κ1) is 7.95. The van der Waals surface area contributed by atoms with Gasteiger partial charge in [-0.1, -0.05) is 0 Å². The largest absolute Gasteiger partial charge is 0.509 e. The smallest absolute Gasteiger partial charge is 0.426 e. The van der Waals surface area contributed by atoms with Crippen LogP contribution in [0.3, 0.4) is 0 Å². The van der Waals surface area contributed by atoms with E-state index in [2.05, 4.69) is 9.47 Å². The van der Waals surface area contributed by atoms with Crippen LogP contribution in [0.4, 0.5) is 4.79 Å². The summed E-state index contributed by atoms with van der Waals surface area (Å²) >= 11 is 10.9. The highest BCUT2D eigenvalue weighted by atomic mass is 35.5. The molecule has 0 aromatic rings. The Labute approximate surface area is 68.2 Å². The minimum Gasteiger partial charge on any atom is -0.426 e. The SMILES string of the molecule is O=C1O[C@H](CCl)[C@@H](CCl)O1. The molecule has 1 aliphatic rings. The van der Waals surface area contributed by atoms with Crippen LogP contribution in [0, 0.1) is 0 Å². The molecule has 1 aliphatic heterocycles. The van der Waals surface area contributed by atoms with Crippen molar-refractivity contribution in [1.29, 1.82) is 0 Å². The summed E-state index contributed by atoms with van der Waals surface area (Å²) in [4.78, 5) is 10.4. The van der Waals surface area contributed by atoms with Gasteiger partial charge in [-0.3, -0.25) is 0 Å². The van der Waals surface area contributed by atoms with Crippen molar-refractivity contribution in [2.75, 3.05) is 11.8 Å². The van der Waals surface area contributed by atoms with E-state index in [-0.39, 0.29) is 24.0 Å². The Morgan fingerprint density at radius 1 is 1.20 bits per heavy atom. The lowest BCUT2D eigenvalue weighted by molar-refractivity contribution is 0.119. The van der Waals surface area contributed by atoms with Gasteiger partial charge in [0.1, 0.15) is 0 Å². The van der Waals surface area contributed by atoms with Crippen molar-refractivity contribution in [3.63, 3.8) is 0 Å². The van der Waals surface area contributed by atoms with Crippen LogP contribution < -0.4 is 0 Å². The lowest BCUT2D eigenvalue weighted by Crippen LogP contribution is -2.25. The van der Waals surface area contributed by atoms with Gasteiger partial charge in [0.05, 0.1) is 11.8 Å². The number of cyclic esters (lactones) is 2. The number of halogens is 2. The molecule has 0 amide bonds. The molecule has 1 heterocycles. The van der Waals surface area contributed by atoms with Gasteiger partial charge in [0, 0.05) is 0 Å². The molecule has 0 N–H and O–H groups in total. The van der Waals surface area contributed by atoms with Crippen LogP contribution in [0.15, 0.2) is 0 Å². The molecule has 0 radical (unpaired) electrons. The minimum atomic E-state index is -0.684. The van der Waals surface area contributed by atoms with Crippen LogP contribution in [-0.2, 0) is 9.47 Å². The van der Waals surface area contributed by atoms with Crippen LogP contribution in [0.5, 0.6) is 0 Å². The summed E-state index contributed by atoms with van der Waals surface area (Å²) in [7, 11) is 0. The summed E-state index contributed by atoms with van der Waals surface area (Å²) in [6, 6.07) is 0. The van der Waals surface area contributed by atoms with Crippen LogP contribution >= 0.6 is 23.2 Å². The predicted octanol–water partition coefficient (Wildman–Crippen LogP) is 1.37. The summed E-state index contributed by atoms with van der Waals surface area (Å²) in [6.45, 7) is 0. The van der Waals surface area contributed by atoms with Crippen LogP contribution in [0.25, 0.3) is 0 Å². The van der Waals surface area contributed by atoms with E-state index in [1.165, 1.54) is 0 Å². The summed E-state index contributed by atoms with van der Waals surface area (Å²) in [5, 5.41) is 0. The fraction of sp³-hybridized carbons (Fsp3) is 0.800. The Hall–Kier alpha value is -0.150. The van der Waals surface area contributed by atoms with E-state index < -0.39 is 6.16 Å². The summed E-state index contributed by atoms with van der Waals surface area (Å²) in [6.07, 6.45) is -1.45. The molecule has 1 rings (SSSR count). The van der Waals surface area contributed by atoms with Gasteiger partial charge in [-0.25, -0.2) is 4.79 Å². The molecule has 0 bridgehead atoms. The molecule has 0 unspecified atom stereocenters. The third-order valence-corrected chi connectivity index (χ3v) is 1.82. The van der Waals surface area contributed by atoms with E-state index in [1.54, 1.807) is 0 Å². The normalized spacial score (nSPS) is 31.6. The predicted molar refractivity (Wildman–Crippen MR) is 36.6 cm³/mol. The van der Waals surface area contributed by atoms with Gasteiger partial charge in [-0.15, -0.1) is 23.2 Å². The summed E-state index contributed by atoms with van der Waals surface area (Å²) < 4.78 is 9.27. The van der Waals surface area contributed by atoms with Gasteiger partial charge in [-0.2, -0.15) is 0 Å². The quantitative estimate of drug-likeness (QED) is 0.481. The number of carbonyl (C=O) groups excluding carboxylic acids is 1. The van der Waals surface area contributed by atoms with Crippen molar-refractivity contribution in [2.24, 2.45) is 0 Å². The van der Waals surface area contributed by atoms with Crippen LogP contribution in [0.1, 0.15) is 0 Å². The monoisotopic (exact) mass is 184 g/mol. The fourth-order valence-electron chi connectivity index (χ4n) is 0.688. The highest BCUT2D eigenvalue weighted by Crippen LogP contribution is 2.17. The molecule has 0 spiro atoms. The van der Waals surface area contributed by atoms with E-state index in [0.29, 0.717) is 0 Å². The average molecular weight is 185 g/mol. The molecule has 58 valence electrons. The van der Waals surface area contributed by atoms with Crippen molar-refractivity contribution in [1.82, 2.24) is 0 Å².